The van der Waals surface area contributed by atoms with Crippen molar-refractivity contribution in [2.45, 2.75) is 19.9 Å². The topological polar surface area (TPSA) is 105 Å². The fraction of sp³-hybridized carbons (Fsp3) is 0.167. The summed E-state index contributed by atoms with van der Waals surface area (Å²) in [4.78, 5) is 28.1. The molecule has 28 heavy (non-hydrogen) atoms. The molecule has 2 heterocycles. The van der Waals surface area contributed by atoms with Gasteiger partial charge in [0, 0.05) is 30.1 Å². The molecule has 0 atom stereocenters. The van der Waals surface area contributed by atoms with E-state index in [1.54, 1.807) is 30.3 Å². The summed E-state index contributed by atoms with van der Waals surface area (Å²) in [6.07, 6.45) is 2.22. The van der Waals surface area contributed by atoms with Gasteiger partial charge < -0.3 is 5.32 Å². The van der Waals surface area contributed by atoms with E-state index in [1.807, 2.05) is 9.95 Å². The average molecular weight is 415 g/mol. The smallest absolute Gasteiger partial charge is 0.257 e. The standard InChI is InChI=1S/C18H18N6O2S2/c1-3-7-24-15(22-23-18(24)27)9-14-10-28-17(20-14)21-16(26)12-5-4-6-13(8-12)19-11(2)25/h3-6,8,10H,1,7,9H2,2H3,(H,19,25)(H,23,27)(H,20,21,26). The lowest BCUT2D eigenvalue weighted by Crippen LogP contribution is -2.13. The molecule has 0 fully saturated rings. The number of carbonyl (C=O) groups is 2. The Hall–Kier alpha value is -3.11. The summed E-state index contributed by atoms with van der Waals surface area (Å²) in [6.45, 7) is 5.69. The summed E-state index contributed by atoms with van der Waals surface area (Å²) < 4.78 is 2.37. The van der Waals surface area contributed by atoms with Crippen LogP contribution in [0.4, 0.5) is 10.8 Å². The summed E-state index contributed by atoms with van der Waals surface area (Å²) in [5, 5.41) is 14.8. The number of nitrogens with zero attached hydrogens (tertiary/aromatic N) is 3. The predicted molar refractivity (Wildman–Crippen MR) is 111 cm³/mol. The van der Waals surface area contributed by atoms with Crippen LogP contribution < -0.4 is 10.6 Å². The van der Waals surface area contributed by atoms with Gasteiger partial charge >= 0.3 is 0 Å². The molecule has 2 aromatic heterocycles. The lowest BCUT2D eigenvalue weighted by atomic mass is 10.2. The molecule has 0 saturated heterocycles. The highest BCUT2D eigenvalue weighted by Gasteiger charge is 2.12. The fourth-order valence-electron chi connectivity index (χ4n) is 2.52. The van der Waals surface area contributed by atoms with Gasteiger partial charge in [0.2, 0.25) is 5.91 Å². The number of anilines is 2. The van der Waals surface area contributed by atoms with Crippen molar-refractivity contribution in [2.24, 2.45) is 0 Å². The zero-order chi connectivity index (χ0) is 20.1. The highest BCUT2D eigenvalue weighted by molar-refractivity contribution is 7.71. The van der Waals surface area contributed by atoms with Gasteiger partial charge in [0.15, 0.2) is 9.90 Å². The van der Waals surface area contributed by atoms with Crippen LogP contribution in [-0.4, -0.2) is 31.6 Å². The molecule has 0 bridgehead atoms. The number of H-pyrrole nitrogens is 1. The van der Waals surface area contributed by atoms with E-state index in [9.17, 15) is 9.59 Å². The van der Waals surface area contributed by atoms with Crippen molar-refractivity contribution < 1.29 is 9.59 Å². The normalized spacial score (nSPS) is 10.5. The number of aromatic nitrogens is 4. The first-order valence-corrected chi connectivity index (χ1v) is 9.63. The molecule has 3 aromatic rings. The Balaban J connectivity index is 1.69. The number of allylic oxidation sites excluding steroid dienone is 1. The summed E-state index contributed by atoms with van der Waals surface area (Å²) in [7, 11) is 0. The van der Waals surface area contributed by atoms with E-state index in [1.165, 1.54) is 18.3 Å². The van der Waals surface area contributed by atoms with E-state index >= 15 is 0 Å². The van der Waals surface area contributed by atoms with Crippen LogP contribution in [0, 0.1) is 4.77 Å². The Morgan fingerprint density at radius 1 is 1.39 bits per heavy atom. The lowest BCUT2D eigenvalue weighted by molar-refractivity contribution is -0.114. The number of rotatable bonds is 7. The molecule has 3 rings (SSSR count). The maximum Gasteiger partial charge on any atom is 0.257 e. The SMILES string of the molecule is C=CCn1c(Cc2csc(NC(=O)c3cccc(NC(C)=O)c3)n2)n[nH]c1=S. The van der Waals surface area contributed by atoms with Crippen LogP contribution in [0.1, 0.15) is 28.8 Å². The van der Waals surface area contributed by atoms with Gasteiger partial charge in [-0.15, -0.1) is 17.9 Å². The maximum atomic E-state index is 12.5. The van der Waals surface area contributed by atoms with Gasteiger partial charge in [-0.1, -0.05) is 12.1 Å². The van der Waals surface area contributed by atoms with Crippen LogP contribution in [-0.2, 0) is 17.8 Å². The molecule has 0 unspecified atom stereocenters. The molecule has 10 heteroatoms. The third kappa shape index (κ3) is 4.78. The van der Waals surface area contributed by atoms with E-state index in [2.05, 4.69) is 32.4 Å². The van der Waals surface area contributed by atoms with E-state index < -0.39 is 0 Å². The number of amides is 2. The van der Waals surface area contributed by atoms with Crippen LogP contribution in [0.3, 0.4) is 0 Å². The van der Waals surface area contributed by atoms with Crippen molar-refractivity contribution in [1.29, 1.82) is 0 Å². The number of nitrogens with one attached hydrogen (secondary N) is 3. The van der Waals surface area contributed by atoms with Crippen LogP contribution in [0.15, 0.2) is 42.3 Å². The van der Waals surface area contributed by atoms with Crippen LogP contribution in [0.25, 0.3) is 0 Å². The van der Waals surface area contributed by atoms with Gasteiger partial charge in [-0.25, -0.2) is 4.98 Å². The van der Waals surface area contributed by atoms with Gasteiger partial charge in [-0.05, 0) is 30.4 Å². The van der Waals surface area contributed by atoms with Crippen molar-refractivity contribution in [3.63, 3.8) is 0 Å². The Morgan fingerprint density at radius 2 is 2.21 bits per heavy atom. The zero-order valence-electron chi connectivity index (χ0n) is 15.1. The Morgan fingerprint density at radius 3 is 2.96 bits per heavy atom. The zero-order valence-corrected chi connectivity index (χ0v) is 16.7. The first kappa shape index (κ1) is 19.6. The molecule has 0 saturated carbocycles. The number of hydrogen-bond donors (Lipinski definition) is 3. The van der Waals surface area contributed by atoms with E-state index in [0.717, 1.165) is 11.5 Å². The largest absolute Gasteiger partial charge is 0.326 e. The van der Waals surface area contributed by atoms with Gasteiger partial charge in [-0.2, -0.15) is 5.10 Å². The second-order valence-corrected chi connectivity index (χ2v) is 7.13. The number of aromatic amines is 1. The average Bonchev–Trinajstić information content (AvgIpc) is 3.23. The molecular weight excluding hydrogens is 396 g/mol. The van der Waals surface area contributed by atoms with Crippen LogP contribution >= 0.6 is 23.6 Å². The van der Waals surface area contributed by atoms with Crippen molar-refractivity contribution in [2.75, 3.05) is 10.6 Å². The second-order valence-electron chi connectivity index (χ2n) is 5.88. The molecule has 2 amide bonds. The summed E-state index contributed by atoms with van der Waals surface area (Å²) in [6, 6.07) is 6.70. The first-order chi connectivity index (χ1) is 13.5. The minimum Gasteiger partial charge on any atom is -0.326 e. The third-order valence-electron chi connectivity index (χ3n) is 3.71. The molecular formula is C18H18N6O2S2. The summed E-state index contributed by atoms with van der Waals surface area (Å²) in [5.41, 5.74) is 1.76. The molecule has 0 spiro atoms. The van der Waals surface area contributed by atoms with Gasteiger partial charge in [0.05, 0.1) is 12.1 Å². The van der Waals surface area contributed by atoms with Gasteiger partial charge in [-0.3, -0.25) is 24.6 Å². The molecule has 0 aliphatic heterocycles. The highest BCUT2D eigenvalue weighted by Crippen LogP contribution is 2.19. The minimum absolute atomic E-state index is 0.198. The number of carbonyl (C=O) groups excluding carboxylic acids is 2. The molecule has 0 aliphatic rings. The predicted octanol–water partition coefficient (Wildman–Crippen LogP) is 3.38. The van der Waals surface area contributed by atoms with Crippen molar-refractivity contribution in [3.05, 3.63) is 64.2 Å². The first-order valence-electron chi connectivity index (χ1n) is 8.34. The van der Waals surface area contributed by atoms with E-state index in [4.69, 9.17) is 12.2 Å². The Bertz CT molecular complexity index is 1080. The molecule has 3 N–H and O–H groups in total. The second kappa shape index (κ2) is 8.72. The van der Waals surface area contributed by atoms with Crippen molar-refractivity contribution in [1.82, 2.24) is 19.7 Å². The number of thiazole rings is 1. The van der Waals surface area contributed by atoms with Crippen LogP contribution in [0.5, 0.6) is 0 Å². The molecule has 8 nitrogen and oxygen atoms in total. The number of benzene rings is 1. The molecule has 0 aliphatic carbocycles. The van der Waals surface area contributed by atoms with Crippen molar-refractivity contribution >= 4 is 46.2 Å². The van der Waals surface area contributed by atoms with Crippen molar-refractivity contribution in [3.8, 4) is 0 Å². The molecule has 0 radical (unpaired) electrons. The number of hydrogen-bond acceptors (Lipinski definition) is 6. The third-order valence-corrected chi connectivity index (χ3v) is 4.82. The summed E-state index contributed by atoms with van der Waals surface area (Å²) in [5.74, 6) is 0.245. The highest BCUT2D eigenvalue weighted by atomic mass is 32.1. The van der Waals surface area contributed by atoms with E-state index in [-0.39, 0.29) is 11.8 Å². The lowest BCUT2D eigenvalue weighted by Gasteiger charge is -2.05. The molecule has 1 aromatic carbocycles. The quantitative estimate of drug-likeness (QED) is 0.406. The monoisotopic (exact) mass is 414 g/mol. The minimum atomic E-state index is -0.303. The van der Waals surface area contributed by atoms with Gasteiger partial charge in [0.1, 0.15) is 5.82 Å². The van der Waals surface area contributed by atoms with Crippen LogP contribution in [0.2, 0.25) is 0 Å². The fourth-order valence-corrected chi connectivity index (χ4v) is 3.45. The Labute approximate surface area is 170 Å². The van der Waals surface area contributed by atoms with E-state index in [0.29, 0.717) is 34.1 Å². The summed E-state index contributed by atoms with van der Waals surface area (Å²) >= 11 is 6.53. The maximum absolute atomic E-state index is 12.5. The van der Waals surface area contributed by atoms with Gasteiger partial charge in [0.25, 0.3) is 5.91 Å². The molecule has 144 valence electrons. The Kier molecular flexibility index (Phi) is 6.12.